The zero-order valence-corrected chi connectivity index (χ0v) is 14.0. The van der Waals surface area contributed by atoms with E-state index in [1.165, 1.54) is 17.8 Å². The molecule has 1 N–H and O–H groups in total. The van der Waals surface area contributed by atoms with Crippen LogP contribution in [0, 0.1) is 13.8 Å². The molecule has 3 heterocycles. The summed E-state index contributed by atoms with van der Waals surface area (Å²) in [5.74, 6) is 0.645. The van der Waals surface area contributed by atoms with Crippen LogP contribution in [-0.4, -0.2) is 33.4 Å². The number of nitrogens with zero attached hydrogens (tertiary/aromatic N) is 2. The lowest BCUT2D eigenvalue weighted by atomic mass is 9.99. The molecule has 1 aliphatic heterocycles. The van der Waals surface area contributed by atoms with Gasteiger partial charge < -0.3 is 9.88 Å². The highest BCUT2D eigenvalue weighted by atomic mass is 32.1. The second-order valence-electron chi connectivity index (χ2n) is 5.94. The number of piperidine rings is 1. The van der Waals surface area contributed by atoms with Crippen molar-refractivity contribution >= 4 is 27.5 Å². The summed E-state index contributed by atoms with van der Waals surface area (Å²) in [4.78, 5) is 35.5. The van der Waals surface area contributed by atoms with Crippen molar-refractivity contribution in [3.8, 4) is 0 Å². The van der Waals surface area contributed by atoms with Crippen LogP contribution in [0.3, 0.4) is 0 Å². The van der Waals surface area contributed by atoms with Crippen molar-refractivity contribution < 1.29 is 4.79 Å². The zero-order chi connectivity index (χ0) is 15.9. The minimum Gasteiger partial charge on any atom is -0.335 e. The van der Waals surface area contributed by atoms with Crippen LogP contribution < -0.4 is 5.56 Å². The Labute approximate surface area is 133 Å². The molecule has 0 radical (unpaired) electrons. The third kappa shape index (κ3) is 2.45. The number of carbonyl (C=O) groups excluding carboxylic acids is 1. The van der Waals surface area contributed by atoms with Crippen LogP contribution in [0.2, 0.25) is 0 Å². The van der Waals surface area contributed by atoms with Crippen molar-refractivity contribution in [2.45, 2.75) is 52.5 Å². The standard InChI is InChI=1S/C16H21N3O2S/c1-4-11-7-5-6-8-19(11)16(21)13-9(2)12-14(20)17-10(3)18-15(12)22-13/h11H,4-8H2,1-3H3,(H,17,18,20). The minimum absolute atomic E-state index is 0.0594. The second-order valence-corrected chi connectivity index (χ2v) is 6.94. The van der Waals surface area contributed by atoms with Gasteiger partial charge in [-0.2, -0.15) is 0 Å². The first-order valence-electron chi connectivity index (χ1n) is 7.84. The maximum Gasteiger partial charge on any atom is 0.264 e. The van der Waals surface area contributed by atoms with E-state index in [2.05, 4.69) is 16.9 Å². The average Bonchev–Trinajstić information content (AvgIpc) is 2.83. The Balaban J connectivity index is 2.06. The molecule has 118 valence electrons. The van der Waals surface area contributed by atoms with E-state index in [4.69, 9.17) is 0 Å². The van der Waals surface area contributed by atoms with Gasteiger partial charge in [0.15, 0.2) is 0 Å². The van der Waals surface area contributed by atoms with Gasteiger partial charge in [0.2, 0.25) is 0 Å². The number of nitrogens with one attached hydrogen (secondary N) is 1. The van der Waals surface area contributed by atoms with Crippen molar-refractivity contribution in [1.82, 2.24) is 14.9 Å². The number of fused-ring (bicyclic) bond motifs is 1. The number of carbonyl (C=O) groups is 1. The predicted molar refractivity (Wildman–Crippen MR) is 88.7 cm³/mol. The molecule has 1 atom stereocenters. The lowest BCUT2D eigenvalue weighted by Crippen LogP contribution is -2.43. The number of rotatable bonds is 2. The highest BCUT2D eigenvalue weighted by Gasteiger charge is 2.29. The second kappa shape index (κ2) is 5.83. The number of aryl methyl sites for hydroxylation is 2. The number of H-pyrrole nitrogens is 1. The fourth-order valence-electron chi connectivity index (χ4n) is 3.28. The Kier molecular flexibility index (Phi) is 4.04. The molecule has 1 amide bonds. The number of aromatic amines is 1. The molecular weight excluding hydrogens is 298 g/mol. The van der Waals surface area contributed by atoms with E-state index < -0.39 is 0 Å². The van der Waals surface area contributed by atoms with E-state index in [0.717, 1.165) is 31.4 Å². The normalized spacial score (nSPS) is 18.9. The quantitative estimate of drug-likeness (QED) is 0.925. The average molecular weight is 319 g/mol. The van der Waals surface area contributed by atoms with Crippen molar-refractivity contribution in [2.75, 3.05) is 6.54 Å². The molecule has 1 saturated heterocycles. The molecule has 1 aliphatic rings. The van der Waals surface area contributed by atoms with Gasteiger partial charge in [0.25, 0.3) is 11.5 Å². The molecule has 2 aromatic rings. The fourth-order valence-corrected chi connectivity index (χ4v) is 4.46. The summed E-state index contributed by atoms with van der Waals surface area (Å²) in [5.41, 5.74) is 0.611. The third-order valence-corrected chi connectivity index (χ3v) is 5.65. The number of hydrogen-bond donors (Lipinski definition) is 1. The maximum absolute atomic E-state index is 13.0. The van der Waals surface area contributed by atoms with Crippen LogP contribution in [0.4, 0.5) is 0 Å². The SMILES string of the molecule is CCC1CCCCN1C(=O)c1sc2nc(C)[nH]c(=O)c2c1C. The number of amides is 1. The lowest BCUT2D eigenvalue weighted by Gasteiger charge is -2.35. The summed E-state index contributed by atoms with van der Waals surface area (Å²) in [6.07, 6.45) is 4.30. The molecule has 0 saturated carbocycles. The van der Waals surface area contributed by atoms with Crippen molar-refractivity contribution in [3.05, 3.63) is 26.6 Å². The molecule has 5 nitrogen and oxygen atoms in total. The predicted octanol–water partition coefficient (Wildman–Crippen LogP) is 3.01. The van der Waals surface area contributed by atoms with Gasteiger partial charge in [-0.15, -0.1) is 11.3 Å². The van der Waals surface area contributed by atoms with Crippen molar-refractivity contribution in [2.24, 2.45) is 0 Å². The third-order valence-electron chi connectivity index (χ3n) is 4.47. The minimum atomic E-state index is -0.152. The maximum atomic E-state index is 13.0. The molecular formula is C16H21N3O2S. The molecule has 6 heteroatoms. The van der Waals surface area contributed by atoms with Gasteiger partial charge in [-0.05, 0) is 45.1 Å². The van der Waals surface area contributed by atoms with Gasteiger partial charge in [0.1, 0.15) is 10.7 Å². The van der Waals surface area contributed by atoms with E-state index in [1.54, 1.807) is 6.92 Å². The Morgan fingerprint density at radius 3 is 2.91 bits per heavy atom. The van der Waals surface area contributed by atoms with Crippen LogP contribution in [0.15, 0.2) is 4.79 Å². The van der Waals surface area contributed by atoms with E-state index in [-0.39, 0.29) is 11.5 Å². The highest BCUT2D eigenvalue weighted by Crippen LogP contribution is 2.30. The van der Waals surface area contributed by atoms with Gasteiger partial charge >= 0.3 is 0 Å². The Morgan fingerprint density at radius 1 is 1.41 bits per heavy atom. The summed E-state index contributed by atoms with van der Waals surface area (Å²) in [6.45, 7) is 6.55. The molecule has 1 unspecified atom stereocenters. The zero-order valence-electron chi connectivity index (χ0n) is 13.2. The first-order chi connectivity index (χ1) is 10.5. The van der Waals surface area contributed by atoms with E-state index in [9.17, 15) is 9.59 Å². The fraction of sp³-hybridized carbons (Fsp3) is 0.562. The van der Waals surface area contributed by atoms with Crippen LogP contribution >= 0.6 is 11.3 Å². The molecule has 0 aromatic carbocycles. The monoisotopic (exact) mass is 319 g/mol. The van der Waals surface area contributed by atoms with E-state index in [0.29, 0.717) is 27.0 Å². The van der Waals surface area contributed by atoms with Crippen LogP contribution in [0.1, 0.15) is 53.7 Å². The summed E-state index contributed by atoms with van der Waals surface area (Å²) in [7, 11) is 0. The van der Waals surface area contributed by atoms with Gasteiger partial charge in [0, 0.05) is 12.6 Å². The van der Waals surface area contributed by atoms with Gasteiger partial charge in [-0.1, -0.05) is 6.92 Å². The molecule has 22 heavy (non-hydrogen) atoms. The molecule has 1 fully saturated rings. The van der Waals surface area contributed by atoms with Crippen molar-refractivity contribution in [3.63, 3.8) is 0 Å². The summed E-state index contributed by atoms with van der Waals surface area (Å²) in [6, 6.07) is 0.318. The Bertz CT molecular complexity index is 778. The first-order valence-corrected chi connectivity index (χ1v) is 8.65. The molecule has 0 aliphatic carbocycles. The number of aromatic nitrogens is 2. The molecule has 0 spiro atoms. The summed E-state index contributed by atoms with van der Waals surface area (Å²) < 4.78 is 0. The van der Waals surface area contributed by atoms with Gasteiger partial charge in [-0.3, -0.25) is 9.59 Å². The van der Waals surface area contributed by atoms with Crippen LogP contribution in [-0.2, 0) is 0 Å². The van der Waals surface area contributed by atoms with Crippen LogP contribution in [0.25, 0.3) is 10.2 Å². The Morgan fingerprint density at radius 2 is 2.18 bits per heavy atom. The molecule has 0 bridgehead atoms. The van der Waals surface area contributed by atoms with Crippen molar-refractivity contribution in [1.29, 1.82) is 0 Å². The molecule has 2 aromatic heterocycles. The Hall–Kier alpha value is -1.69. The topological polar surface area (TPSA) is 66.1 Å². The smallest absolute Gasteiger partial charge is 0.264 e. The summed E-state index contributed by atoms with van der Waals surface area (Å²) in [5, 5.41) is 0.559. The highest BCUT2D eigenvalue weighted by molar-refractivity contribution is 7.20. The lowest BCUT2D eigenvalue weighted by molar-refractivity contribution is 0.0612. The van der Waals surface area contributed by atoms with E-state index in [1.807, 2.05) is 11.8 Å². The van der Waals surface area contributed by atoms with Gasteiger partial charge in [-0.25, -0.2) is 4.98 Å². The number of hydrogen-bond acceptors (Lipinski definition) is 4. The first kappa shape index (κ1) is 15.2. The number of thiophene rings is 1. The van der Waals surface area contributed by atoms with Gasteiger partial charge in [0.05, 0.1) is 10.3 Å². The van der Waals surface area contributed by atoms with Crippen LogP contribution in [0.5, 0.6) is 0 Å². The van der Waals surface area contributed by atoms with E-state index >= 15 is 0 Å². The number of likely N-dealkylation sites (tertiary alicyclic amines) is 1. The summed E-state index contributed by atoms with van der Waals surface area (Å²) >= 11 is 1.34. The largest absolute Gasteiger partial charge is 0.335 e. The molecule has 3 rings (SSSR count).